The van der Waals surface area contributed by atoms with Gasteiger partial charge in [0.05, 0.1) is 0 Å². The molecule has 98 valence electrons. The summed E-state index contributed by atoms with van der Waals surface area (Å²) in [5.74, 6) is 0.617. The minimum absolute atomic E-state index is 0.257. The number of fused-ring (bicyclic) bond motifs is 1. The summed E-state index contributed by atoms with van der Waals surface area (Å²) in [6, 6.07) is 0. The zero-order valence-electron chi connectivity index (χ0n) is 10.6. The van der Waals surface area contributed by atoms with Crippen LogP contribution in [0.1, 0.15) is 25.6 Å². The molecule has 2 aromatic heterocycles. The third-order valence-corrected chi connectivity index (χ3v) is 3.39. The smallest absolute Gasteiger partial charge is 0.279 e. The lowest BCUT2D eigenvalue weighted by Gasteiger charge is -2.02. The first kappa shape index (κ1) is 12.9. The highest BCUT2D eigenvalue weighted by atomic mass is 35.5. The topological polar surface area (TPSA) is 61.8 Å². The average Bonchev–Trinajstić information content (AvgIpc) is 2.69. The second-order valence-corrected chi connectivity index (χ2v) is 4.63. The molecule has 0 spiro atoms. The summed E-state index contributed by atoms with van der Waals surface area (Å²) in [6.45, 7) is 2.07. The van der Waals surface area contributed by atoms with Gasteiger partial charge in [0.25, 0.3) is 5.56 Å². The first-order valence-electron chi connectivity index (χ1n) is 5.82. The van der Waals surface area contributed by atoms with E-state index in [9.17, 15) is 9.59 Å². The molecule has 6 nitrogen and oxygen atoms in total. The quantitative estimate of drug-likeness (QED) is 0.828. The van der Waals surface area contributed by atoms with E-state index in [0.29, 0.717) is 17.9 Å². The Morgan fingerprint density at radius 1 is 1.22 bits per heavy atom. The number of hydrogen-bond acceptors (Lipinski definition) is 3. The zero-order valence-corrected chi connectivity index (χ0v) is 11.4. The highest BCUT2D eigenvalue weighted by molar-refractivity contribution is 6.18. The summed E-state index contributed by atoms with van der Waals surface area (Å²) < 4.78 is 3.64. The van der Waals surface area contributed by atoms with Gasteiger partial charge in [0.15, 0.2) is 11.2 Å². The second kappa shape index (κ2) is 4.61. The van der Waals surface area contributed by atoms with Crippen molar-refractivity contribution < 1.29 is 0 Å². The van der Waals surface area contributed by atoms with Crippen molar-refractivity contribution in [3.05, 3.63) is 26.7 Å². The molecule has 0 fully saturated rings. The molecule has 0 aromatic carbocycles. The fourth-order valence-corrected chi connectivity index (χ4v) is 2.17. The Hall–Kier alpha value is -1.56. The van der Waals surface area contributed by atoms with Gasteiger partial charge in [0.1, 0.15) is 5.82 Å². The number of imidazole rings is 1. The molecular formula is C11H15ClN4O2. The van der Waals surface area contributed by atoms with E-state index in [-0.39, 0.29) is 5.52 Å². The Kier molecular flexibility index (Phi) is 3.30. The Bertz CT molecular complexity index is 710. The van der Waals surface area contributed by atoms with Crippen LogP contribution in [-0.2, 0) is 20.5 Å². The molecule has 0 atom stereocenters. The fourth-order valence-electron chi connectivity index (χ4n) is 1.90. The Labute approximate surface area is 109 Å². The summed E-state index contributed by atoms with van der Waals surface area (Å²) in [4.78, 5) is 28.1. The summed E-state index contributed by atoms with van der Waals surface area (Å²) in [5, 5.41) is 0. The maximum Gasteiger partial charge on any atom is 0.332 e. The van der Waals surface area contributed by atoms with Crippen molar-refractivity contribution >= 4 is 22.9 Å². The largest absolute Gasteiger partial charge is 0.332 e. The van der Waals surface area contributed by atoms with E-state index in [4.69, 9.17) is 11.8 Å². The minimum atomic E-state index is -0.418. The highest BCUT2D eigenvalue weighted by Gasteiger charge is 2.17. The summed E-state index contributed by atoms with van der Waals surface area (Å²) in [5.41, 5.74) is -0.223. The lowest BCUT2D eigenvalue weighted by molar-refractivity contribution is 0.708. The van der Waals surface area contributed by atoms with Gasteiger partial charge in [-0.15, -0.1) is 0 Å². The van der Waals surface area contributed by atoms with E-state index in [2.05, 4.69) is 11.9 Å². The van der Waals surface area contributed by atoms with Crippen LogP contribution >= 0.6 is 11.8 Å². The van der Waals surface area contributed by atoms with Gasteiger partial charge in [-0.05, 0) is 6.42 Å². The number of unbranched alkanes of at least 4 members (excludes halogenated alkanes) is 1. The Balaban J connectivity index is 2.80. The van der Waals surface area contributed by atoms with Gasteiger partial charge in [-0.1, -0.05) is 13.3 Å². The van der Waals surface area contributed by atoms with Crippen molar-refractivity contribution in [3.63, 3.8) is 0 Å². The number of aryl methyl sites for hydroxylation is 2. The molecule has 2 heterocycles. The van der Waals surface area contributed by atoms with Gasteiger partial charge in [0, 0.05) is 32.3 Å². The van der Waals surface area contributed by atoms with Crippen LogP contribution in [0.15, 0.2) is 9.59 Å². The SMILES string of the molecule is CCCCc1nc2c(c(=O)n(C)c(=O)n2C)n1Cl. The van der Waals surface area contributed by atoms with Gasteiger partial charge in [-0.3, -0.25) is 13.9 Å². The van der Waals surface area contributed by atoms with E-state index in [1.165, 1.54) is 15.7 Å². The van der Waals surface area contributed by atoms with E-state index in [1.807, 2.05) is 0 Å². The van der Waals surface area contributed by atoms with Crippen LogP contribution in [0.4, 0.5) is 0 Å². The Morgan fingerprint density at radius 3 is 2.50 bits per heavy atom. The predicted molar refractivity (Wildman–Crippen MR) is 70.1 cm³/mol. The Morgan fingerprint density at radius 2 is 1.89 bits per heavy atom. The van der Waals surface area contributed by atoms with Crippen LogP contribution < -0.4 is 11.2 Å². The normalized spacial score (nSPS) is 11.3. The van der Waals surface area contributed by atoms with Crippen molar-refractivity contribution in [1.29, 1.82) is 0 Å². The van der Waals surface area contributed by atoms with E-state index in [0.717, 1.165) is 17.4 Å². The molecule has 0 N–H and O–H groups in total. The van der Waals surface area contributed by atoms with Crippen LogP contribution in [0, 0.1) is 0 Å². The summed E-state index contributed by atoms with van der Waals surface area (Å²) in [6.07, 6.45) is 2.63. The molecular weight excluding hydrogens is 256 g/mol. The van der Waals surface area contributed by atoms with Crippen LogP contribution in [0.25, 0.3) is 11.2 Å². The lowest BCUT2D eigenvalue weighted by atomic mass is 10.2. The number of hydrogen-bond donors (Lipinski definition) is 0. The number of halogens is 1. The van der Waals surface area contributed by atoms with Gasteiger partial charge in [0.2, 0.25) is 0 Å². The van der Waals surface area contributed by atoms with E-state index in [1.54, 1.807) is 7.05 Å². The molecule has 0 saturated carbocycles. The third-order valence-electron chi connectivity index (χ3n) is 3.02. The molecule has 0 amide bonds. The van der Waals surface area contributed by atoms with Crippen LogP contribution in [0.3, 0.4) is 0 Å². The average molecular weight is 271 g/mol. The number of aromatic nitrogens is 4. The van der Waals surface area contributed by atoms with E-state index >= 15 is 0 Å². The maximum atomic E-state index is 12.0. The van der Waals surface area contributed by atoms with Crippen LogP contribution in [-0.4, -0.2) is 18.2 Å². The second-order valence-electron chi connectivity index (χ2n) is 4.29. The first-order chi connectivity index (χ1) is 8.49. The fraction of sp³-hybridized carbons (Fsp3) is 0.545. The standard InChI is InChI=1S/C11H15ClN4O2/c1-4-5-6-7-13-9-8(16(7)12)10(17)15(3)11(18)14(9)2/h4-6H2,1-3H3. The molecule has 18 heavy (non-hydrogen) atoms. The van der Waals surface area contributed by atoms with Gasteiger partial charge >= 0.3 is 5.69 Å². The molecule has 7 heteroatoms. The molecule has 2 aromatic rings. The molecule has 0 bridgehead atoms. The monoisotopic (exact) mass is 270 g/mol. The van der Waals surface area contributed by atoms with Gasteiger partial charge in [-0.25, -0.2) is 13.9 Å². The van der Waals surface area contributed by atoms with E-state index < -0.39 is 11.2 Å². The first-order valence-corrected chi connectivity index (χ1v) is 6.16. The molecule has 0 aliphatic carbocycles. The van der Waals surface area contributed by atoms with Crippen LogP contribution in [0.2, 0.25) is 0 Å². The summed E-state index contributed by atoms with van der Waals surface area (Å²) >= 11 is 6.12. The van der Waals surface area contributed by atoms with Crippen LogP contribution in [0.5, 0.6) is 0 Å². The molecule has 0 aliphatic heterocycles. The maximum absolute atomic E-state index is 12.0. The number of rotatable bonds is 3. The molecule has 0 unspecified atom stereocenters. The van der Waals surface area contributed by atoms with Gasteiger partial charge < -0.3 is 0 Å². The lowest BCUT2D eigenvalue weighted by Crippen LogP contribution is -2.37. The van der Waals surface area contributed by atoms with Crippen molar-refractivity contribution in [2.24, 2.45) is 14.1 Å². The third kappa shape index (κ3) is 1.77. The van der Waals surface area contributed by atoms with Crippen molar-refractivity contribution in [1.82, 2.24) is 18.2 Å². The minimum Gasteiger partial charge on any atom is -0.279 e. The van der Waals surface area contributed by atoms with Crippen molar-refractivity contribution in [3.8, 4) is 0 Å². The molecule has 0 aliphatic rings. The zero-order chi connectivity index (χ0) is 13.4. The van der Waals surface area contributed by atoms with Crippen molar-refractivity contribution in [2.75, 3.05) is 0 Å². The number of nitrogens with zero attached hydrogens (tertiary/aromatic N) is 4. The molecule has 2 rings (SSSR count). The summed E-state index contributed by atoms with van der Waals surface area (Å²) in [7, 11) is 3.01. The van der Waals surface area contributed by atoms with Gasteiger partial charge in [-0.2, -0.15) is 0 Å². The van der Waals surface area contributed by atoms with Crippen molar-refractivity contribution in [2.45, 2.75) is 26.2 Å². The highest BCUT2D eigenvalue weighted by Crippen LogP contribution is 2.14. The molecule has 0 saturated heterocycles. The molecule has 0 radical (unpaired) electrons. The predicted octanol–water partition coefficient (Wildman–Crippen LogP) is 0.778.